The third-order valence-electron chi connectivity index (χ3n) is 5.29. The predicted molar refractivity (Wildman–Crippen MR) is 116 cm³/mol. The number of rotatable bonds is 6. The molecule has 33 heavy (non-hydrogen) atoms. The number of aromatic nitrogens is 2. The first-order valence-corrected chi connectivity index (χ1v) is 11.7. The summed E-state index contributed by atoms with van der Waals surface area (Å²) >= 11 is 0. The van der Waals surface area contributed by atoms with Crippen LogP contribution >= 0.6 is 0 Å². The normalized spacial score (nSPS) is 15.0. The maximum atomic E-state index is 12.9. The summed E-state index contributed by atoms with van der Waals surface area (Å²) < 4.78 is 38.4. The topological polar surface area (TPSA) is 132 Å². The van der Waals surface area contributed by atoms with Crippen LogP contribution in [0.15, 0.2) is 56.9 Å². The number of amides is 1. The van der Waals surface area contributed by atoms with Crippen molar-refractivity contribution in [1.29, 1.82) is 0 Å². The molecule has 3 aromatic rings. The highest BCUT2D eigenvalue weighted by molar-refractivity contribution is 7.89. The van der Waals surface area contributed by atoms with E-state index in [1.165, 1.54) is 27.3 Å². The Kier molecular flexibility index (Phi) is 6.29. The van der Waals surface area contributed by atoms with Gasteiger partial charge in [-0.25, -0.2) is 13.2 Å². The van der Waals surface area contributed by atoms with E-state index in [0.29, 0.717) is 10.9 Å². The quantitative estimate of drug-likeness (QED) is 0.477. The van der Waals surface area contributed by atoms with Gasteiger partial charge in [-0.05, 0) is 31.2 Å². The minimum atomic E-state index is -3.96. The Morgan fingerprint density at radius 2 is 1.82 bits per heavy atom. The van der Waals surface area contributed by atoms with E-state index in [9.17, 15) is 22.8 Å². The van der Waals surface area contributed by atoms with Crippen molar-refractivity contribution in [3.63, 3.8) is 0 Å². The summed E-state index contributed by atoms with van der Waals surface area (Å²) in [5, 5.41) is 4.18. The van der Waals surface area contributed by atoms with Gasteiger partial charge in [0.25, 0.3) is 10.0 Å². The molecule has 4 rings (SSSR count). The van der Waals surface area contributed by atoms with Gasteiger partial charge in [-0.1, -0.05) is 12.1 Å². The van der Waals surface area contributed by atoms with Gasteiger partial charge in [-0.15, -0.1) is 0 Å². The van der Waals surface area contributed by atoms with Crippen LogP contribution in [-0.4, -0.2) is 72.1 Å². The van der Waals surface area contributed by atoms with Gasteiger partial charge in [-0.3, -0.25) is 14.3 Å². The van der Waals surface area contributed by atoms with Gasteiger partial charge in [0.1, 0.15) is 6.54 Å². The largest absolute Gasteiger partial charge is 0.460 e. The van der Waals surface area contributed by atoms with Crippen LogP contribution in [-0.2, 0) is 26.1 Å². The van der Waals surface area contributed by atoms with Gasteiger partial charge in [-0.2, -0.15) is 9.40 Å². The lowest BCUT2D eigenvalue weighted by Gasteiger charge is -2.33. The first-order chi connectivity index (χ1) is 15.8. The number of furan rings is 1. The summed E-state index contributed by atoms with van der Waals surface area (Å²) in [6.45, 7) is 2.21. The first kappa shape index (κ1) is 22.7. The fourth-order valence-corrected chi connectivity index (χ4v) is 4.92. The number of piperazine rings is 1. The van der Waals surface area contributed by atoms with E-state index in [-0.39, 0.29) is 61.5 Å². The number of benzene rings is 1. The summed E-state index contributed by atoms with van der Waals surface area (Å²) in [7, 11) is -3.96. The molecule has 0 radical (unpaired) electrons. The second-order valence-corrected chi connectivity index (χ2v) is 9.18. The zero-order valence-corrected chi connectivity index (χ0v) is 18.7. The maximum Gasteiger partial charge on any atom is 0.374 e. The zero-order valence-electron chi connectivity index (χ0n) is 17.8. The number of carbonyl (C=O) groups excluding carboxylic acids is 2. The van der Waals surface area contributed by atoms with Gasteiger partial charge in [0.2, 0.25) is 22.2 Å². The highest BCUT2D eigenvalue weighted by atomic mass is 32.2. The number of para-hydroxylation sites is 1. The first-order valence-electron chi connectivity index (χ1n) is 10.3. The number of carbonyl (C=O) groups is 2. The number of nitrogens with zero attached hydrogens (tertiary/aromatic N) is 4. The van der Waals surface area contributed by atoms with Gasteiger partial charge in [0, 0.05) is 31.6 Å². The molecule has 0 unspecified atom stereocenters. The van der Waals surface area contributed by atoms with Crippen molar-refractivity contribution in [2.45, 2.75) is 18.6 Å². The molecule has 0 aliphatic carbocycles. The molecule has 1 amide bonds. The molecule has 174 valence electrons. The average Bonchev–Trinajstić information content (AvgIpc) is 3.33. The van der Waals surface area contributed by atoms with E-state index < -0.39 is 16.0 Å². The molecule has 0 N–H and O–H groups in total. The Morgan fingerprint density at radius 3 is 2.55 bits per heavy atom. The molecule has 1 fully saturated rings. The van der Waals surface area contributed by atoms with Crippen LogP contribution in [0, 0.1) is 0 Å². The molecule has 1 saturated heterocycles. The summed E-state index contributed by atoms with van der Waals surface area (Å²) in [6.07, 6.45) is 1.17. The molecule has 0 bridgehead atoms. The Balaban J connectivity index is 1.42. The van der Waals surface area contributed by atoms with Crippen molar-refractivity contribution in [3.05, 3.63) is 58.6 Å². The number of fused-ring (bicyclic) bond motifs is 1. The summed E-state index contributed by atoms with van der Waals surface area (Å²) in [6, 6.07) is 9.36. The SMILES string of the molecule is CCOC(=O)c1ccc(S(=O)(=O)N2CCN(C(=O)Cn3ncc(=O)c4ccccc43)CC2)o1. The number of esters is 1. The molecular weight excluding hydrogens is 452 g/mol. The van der Waals surface area contributed by atoms with Gasteiger partial charge >= 0.3 is 5.97 Å². The number of ether oxygens (including phenoxy) is 1. The van der Waals surface area contributed by atoms with E-state index >= 15 is 0 Å². The van der Waals surface area contributed by atoms with E-state index in [2.05, 4.69) is 5.10 Å². The van der Waals surface area contributed by atoms with Crippen molar-refractivity contribution < 1.29 is 27.2 Å². The molecule has 0 spiro atoms. The molecule has 3 heterocycles. The fourth-order valence-electron chi connectivity index (χ4n) is 3.59. The fraction of sp³-hybridized carbons (Fsp3) is 0.333. The Labute approximate surface area is 189 Å². The lowest BCUT2D eigenvalue weighted by Crippen LogP contribution is -2.51. The smallest absolute Gasteiger partial charge is 0.374 e. The van der Waals surface area contributed by atoms with Crippen molar-refractivity contribution in [1.82, 2.24) is 19.0 Å². The number of sulfonamides is 1. The monoisotopic (exact) mass is 474 g/mol. The van der Waals surface area contributed by atoms with Crippen LogP contribution in [0.25, 0.3) is 10.9 Å². The predicted octanol–water partition coefficient (Wildman–Crippen LogP) is 0.699. The second kappa shape index (κ2) is 9.16. The molecule has 1 aromatic carbocycles. The number of hydrogen-bond acceptors (Lipinski definition) is 8. The van der Waals surface area contributed by atoms with E-state index in [1.54, 1.807) is 36.1 Å². The molecule has 12 heteroatoms. The third kappa shape index (κ3) is 4.52. The second-order valence-electron chi connectivity index (χ2n) is 7.31. The van der Waals surface area contributed by atoms with Crippen LogP contribution < -0.4 is 5.43 Å². The third-order valence-corrected chi connectivity index (χ3v) is 7.06. The zero-order chi connectivity index (χ0) is 23.6. The molecule has 1 aliphatic heterocycles. The molecular formula is C21H22N4O7S. The van der Waals surface area contributed by atoms with Crippen molar-refractivity contribution in [3.8, 4) is 0 Å². The lowest BCUT2D eigenvalue weighted by atomic mass is 10.2. The maximum absolute atomic E-state index is 12.9. The average molecular weight is 474 g/mol. The Morgan fingerprint density at radius 1 is 1.09 bits per heavy atom. The van der Waals surface area contributed by atoms with E-state index in [0.717, 1.165) is 0 Å². The van der Waals surface area contributed by atoms with E-state index in [1.807, 2.05) is 0 Å². The van der Waals surface area contributed by atoms with Crippen molar-refractivity contribution in [2.24, 2.45) is 0 Å². The van der Waals surface area contributed by atoms with Crippen LogP contribution in [0.2, 0.25) is 0 Å². The lowest BCUT2D eigenvalue weighted by molar-refractivity contribution is -0.133. The molecule has 11 nitrogen and oxygen atoms in total. The number of hydrogen-bond donors (Lipinski definition) is 0. The summed E-state index contributed by atoms with van der Waals surface area (Å²) in [5.41, 5.74) is 0.326. The van der Waals surface area contributed by atoms with Crippen LogP contribution in [0.5, 0.6) is 0 Å². The van der Waals surface area contributed by atoms with Gasteiger partial charge in [0.15, 0.2) is 0 Å². The highest BCUT2D eigenvalue weighted by Crippen LogP contribution is 2.21. The molecule has 1 aliphatic rings. The van der Waals surface area contributed by atoms with Crippen molar-refractivity contribution >= 4 is 32.8 Å². The van der Waals surface area contributed by atoms with Gasteiger partial charge < -0.3 is 14.1 Å². The van der Waals surface area contributed by atoms with Crippen LogP contribution in [0.4, 0.5) is 0 Å². The van der Waals surface area contributed by atoms with Crippen molar-refractivity contribution in [2.75, 3.05) is 32.8 Å². The molecule has 2 aromatic heterocycles. The Bertz CT molecular complexity index is 1350. The van der Waals surface area contributed by atoms with Gasteiger partial charge in [0.05, 0.1) is 18.3 Å². The van der Waals surface area contributed by atoms with E-state index in [4.69, 9.17) is 9.15 Å². The highest BCUT2D eigenvalue weighted by Gasteiger charge is 2.33. The Hall–Kier alpha value is -3.51. The standard InChI is InChI=1S/C21H22N4O7S/c1-2-31-21(28)18-7-8-20(32-18)33(29,30)24-11-9-23(10-12-24)19(27)14-25-16-6-4-3-5-15(16)17(26)13-22-25/h3-8,13H,2,9-12,14H2,1H3. The minimum absolute atomic E-state index is 0.0713. The summed E-state index contributed by atoms with van der Waals surface area (Å²) in [5.74, 6) is -1.17. The van der Waals surface area contributed by atoms with Crippen LogP contribution in [0.3, 0.4) is 0 Å². The summed E-state index contributed by atoms with van der Waals surface area (Å²) in [4.78, 5) is 38.1. The minimum Gasteiger partial charge on any atom is -0.460 e. The molecule has 0 saturated carbocycles. The molecule has 0 atom stereocenters. The van der Waals surface area contributed by atoms with Crippen LogP contribution in [0.1, 0.15) is 17.5 Å².